The third kappa shape index (κ3) is 2.90. The number of hydrogen-bond acceptors (Lipinski definition) is 6. The van der Waals surface area contributed by atoms with Crippen molar-refractivity contribution in [3.63, 3.8) is 0 Å². The summed E-state index contributed by atoms with van der Waals surface area (Å²) in [4.78, 5) is 15.1. The van der Waals surface area contributed by atoms with Crippen LogP contribution in [0.15, 0.2) is 6.33 Å². The summed E-state index contributed by atoms with van der Waals surface area (Å²) in [5.74, 6) is 1.48. The van der Waals surface area contributed by atoms with E-state index in [0.29, 0.717) is 23.8 Å². The van der Waals surface area contributed by atoms with Gasteiger partial charge in [-0.2, -0.15) is 9.97 Å². The highest BCUT2D eigenvalue weighted by Crippen LogP contribution is 2.16. The zero-order valence-corrected chi connectivity index (χ0v) is 10.3. The zero-order valence-electron chi connectivity index (χ0n) is 9.43. The maximum absolute atomic E-state index is 10.9. The van der Waals surface area contributed by atoms with E-state index in [1.54, 1.807) is 12.6 Å². The fourth-order valence-electron chi connectivity index (χ4n) is 1.46. The largest absolute Gasteiger partial charge is 0.368 e. The molecule has 0 fully saturated rings. The van der Waals surface area contributed by atoms with Gasteiger partial charge >= 0.3 is 0 Å². The molecule has 0 saturated carbocycles. The number of nitrogens with zero attached hydrogens (tertiary/aromatic N) is 3. The van der Waals surface area contributed by atoms with Crippen molar-refractivity contribution in [1.82, 2.24) is 19.9 Å². The van der Waals surface area contributed by atoms with Crippen molar-refractivity contribution in [1.29, 1.82) is 0 Å². The highest BCUT2D eigenvalue weighted by atomic mass is 32.2. The van der Waals surface area contributed by atoms with Crippen LogP contribution in [-0.2, 0) is 10.8 Å². The molecule has 0 radical (unpaired) electrons. The summed E-state index contributed by atoms with van der Waals surface area (Å²) in [5, 5.41) is 3.13. The van der Waals surface area contributed by atoms with Gasteiger partial charge in [0.1, 0.15) is 5.52 Å². The van der Waals surface area contributed by atoms with E-state index in [9.17, 15) is 4.21 Å². The number of anilines is 2. The molecule has 2 heterocycles. The minimum atomic E-state index is -0.765. The van der Waals surface area contributed by atoms with Crippen LogP contribution in [0.4, 0.5) is 11.8 Å². The molecule has 0 spiro atoms. The van der Waals surface area contributed by atoms with Crippen LogP contribution in [0.5, 0.6) is 0 Å². The number of nitrogen functional groups attached to an aromatic ring is 1. The van der Waals surface area contributed by atoms with Crippen LogP contribution in [0, 0.1) is 0 Å². The lowest BCUT2D eigenvalue weighted by Crippen LogP contribution is -2.09. The van der Waals surface area contributed by atoms with Gasteiger partial charge in [-0.1, -0.05) is 0 Å². The highest BCUT2D eigenvalue weighted by Gasteiger charge is 2.07. The summed E-state index contributed by atoms with van der Waals surface area (Å²) >= 11 is 0. The molecule has 4 N–H and O–H groups in total. The molecule has 2 aromatic rings. The lowest BCUT2D eigenvalue weighted by Gasteiger charge is -2.05. The van der Waals surface area contributed by atoms with Crippen LogP contribution < -0.4 is 11.1 Å². The molecule has 17 heavy (non-hydrogen) atoms. The predicted octanol–water partition coefficient (Wildman–Crippen LogP) is 0.116. The van der Waals surface area contributed by atoms with Crippen molar-refractivity contribution in [3.8, 4) is 0 Å². The summed E-state index contributed by atoms with van der Waals surface area (Å²) in [6.45, 7) is 0.685. The Balaban J connectivity index is 2.07. The number of aromatic nitrogens is 4. The van der Waals surface area contributed by atoms with E-state index in [-0.39, 0.29) is 5.95 Å². The Morgan fingerprint density at radius 2 is 2.35 bits per heavy atom. The van der Waals surface area contributed by atoms with Crippen molar-refractivity contribution < 1.29 is 4.21 Å². The van der Waals surface area contributed by atoms with E-state index < -0.39 is 10.8 Å². The Bertz CT molecular complexity index is 539. The molecule has 8 heteroatoms. The topological polar surface area (TPSA) is 110 Å². The second-order valence-electron chi connectivity index (χ2n) is 3.59. The number of fused-ring (bicyclic) bond motifs is 1. The lowest BCUT2D eigenvalue weighted by molar-refractivity contribution is 0.685. The van der Waals surface area contributed by atoms with Crippen LogP contribution in [0.3, 0.4) is 0 Å². The summed E-state index contributed by atoms with van der Waals surface area (Å²) in [7, 11) is -0.765. The van der Waals surface area contributed by atoms with Crippen molar-refractivity contribution in [2.75, 3.05) is 29.6 Å². The first-order valence-corrected chi connectivity index (χ1v) is 6.90. The Morgan fingerprint density at radius 3 is 3.12 bits per heavy atom. The van der Waals surface area contributed by atoms with Gasteiger partial charge in [-0.05, 0) is 6.42 Å². The van der Waals surface area contributed by atoms with E-state index in [0.717, 1.165) is 11.9 Å². The third-order valence-electron chi connectivity index (χ3n) is 2.20. The van der Waals surface area contributed by atoms with Crippen LogP contribution in [0.25, 0.3) is 11.2 Å². The van der Waals surface area contributed by atoms with Crippen LogP contribution in [0.1, 0.15) is 6.42 Å². The fourth-order valence-corrected chi connectivity index (χ4v) is 2.01. The second-order valence-corrected chi connectivity index (χ2v) is 5.14. The van der Waals surface area contributed by atoms with Crippen molar-refractivity contribution >= 4 is 33.7 Å². The van der Waals surface area contributed by atoms with E-state index in [2.05, 4.69) is 25.3 Å². The number of imidazole rings is 1. The van der Waals surface area contributed by atoms with Gasteiger partial charge in [-0.25, -0.2) is 4.98 Å². The van der Waals surface area contributed by atoms with Gasteiger partial charge in [-0.15, -0.1) is 0 Å². The minimum Gasteiger partial charge on any atom is -0.368 e. The molecule has 92 valence electrons. The van der Waals surface area contributed by atoms with E-state index in [4.69, 9.17) is 5.73 Å². The Kier molecular flexibility index (Phi) is 3.52. The average Bonchev–Trinajstić information content (AvgIpc) is 2.71. The van der Waals surface area contributed by atoms with Gasteiger partial charge in [0.05, 0.1) is 6.33 Å². The smallest absolute Gasteiger partial charge is 0.224 e. The number of nitrogens with two attached hydrogens (primary N) is 1. The highest BCUT2D eigenvalue weighted by molar-refractivity contribution is 7.84. The Labute approximate surface area is 101 Å². The molecule has 7 nitrogen and oxygen atoms in total. The Hall–Kier alpha value is -1.70. The maximum Gasteiger partial charge on any atom is 0.224 e. The first kappa shape index (κ1) is 11.8. The van der Waals surface area contributed by atoms with Crippen molar-refractivity contribution in [2.45, 2.75) is 6.42 Å². The maximum atomic E-state index is 10.9. The zero-order chi connectivity index (χ0) is 12.3. The van der Waals surface area contributed by atoms with Crippen molar-refractivity contribution in [2.24, 2.45) is 0 Å². The molecule has 0 aliphatic rings. The van der Waals surface area contributed by atoms with Gasteiger partial charge < -0.3 is 16.0 Å². The number of nitrogens with one attached hydrogen (secondary N) is 2. The molecular formula is C9H14N6OS. The number of rotatable bonds is 5. The summed E-state index contributed by atoms with van der Waals surface area (Å²) < 4.78 is 10.9. The number of H-pyrrole nitrogens is 1. The predicted molar refractivity (Wildman–Crippen MR) is 68.1 cm³/mol. The van der Waals surface area contributed by atoms with Crippen LogP contribution in [-0.4, -0.2) is 42.7 Å². The molecule has 0 bridgehead atoms. The first-order valence-electron chi connectivity index (χ1n) is 5.17. The summed E-state index contributed by atoms with van der Waals surface area (Å²) in [6.07, 6.45) is 4.05. The summed E-state index contributed by atoms with van der Waals surface area (Å²) in [6, 6.07) is 0. The molecule has 0 aliphatic heterocycles. The van der Waals surface area contributed by atoms with Gasteiger partial charge in [0.25, 0.3) is 0 Å². The first-order chi connectivity index (χ1) is 8.16. The molecule has 0 amide bonds. The third-order valence-corrected chi connectivity index (χ3v) is 3.07. The van der Waals surface area contributed by atoms with Crippen LogP contribution in [0.2, 0.25) is 0 Å². The monoisotopic (exact) mass is 254 g/mol. The van der Waals surface area contributed by atoms with Gasteiger partial charge in [0.15, 0.2) is 11.5 Å². The second kappa shape index (κ2) is 5.09. The van der Waals surface area contributed by atoms with Gasteiger partial charge in [-0.3, -0.25) is 4.21 Å². The fraction of sp³-hybridized carbons (Fsp3) is 0.444. The summed E-state index contributed by atoms with van der Waals surface area (Å²) in [5.41, 5.74) is 6.85. The van der Waals surface area contributed by atoms with E-state index in [1.807, 2.05) is 0 Å². The lowest BCUT2D eigenvalue weighted by atomic mass is 10.4. The molecule has 1 atom stereocenters. The number of hydrogen-bond donors (Lipinski definition) is 3. The normalized spacial score (nSPS) is 12.8. The molecule has 1 unspecified atom stereocenters. The van der Waals surface area contributed by atoms with Gasteiger partial charge in [0, 0.05) is 29.4 Å². The van der Waals surface area contributed by atoms with Gasteiger partial charge in [0.2, 0.25) is 5.95 Å². The molecule has 0 saturated heterocycles. The van der Waals surface area contributed by atoms with Crippen LogP contribution >= 0.6 is 0 Å². The Morgan fingerprint density at radius 1 is 1.53 bits per heavy atom. The standard InChI is InChI=1S/C9H14N6OS/c1-17(16)4-2-3-11-7-6-8(13-5-12-6)15-9(10)14-7/h5H,2-4H2,1H3,(H4,10,11,12,13,14,15). The molecule has 2 rings (SSSR count). The van der Waals surface area contributed by atoms with Crippen molar-refractivity contribution in [3.05, 3.63) is 6.33 Å². The quantitative estimate of drug-likeness (QED) is 0.654. The average molecular weight is 254 g/mol. The SMILES string of the molecule is CS(=O)CCCNc1nc(N)nc2nc[nH]c12. The molecular weight excluding hydrogens is 240 g/mol. The molecule has 0 aromatic carbocycles. The number of aromatic amines is 1. The van der Waals surface area contributed by atoms with E-state index in [1.165, 1.54) is 0 Å². The molecule has 2 aromatic heterocycles. The van der Waals surface area contributed by atoms with E-state index >= 15 is 0 Å². The molecule has 0 aliphatic carbocycles. The minimum absolute atomic E-state index is 0.186.